The fourth-order valence-corrected chi connectivity index (χ4v) is 13.2. The molecule has 11 heteroatoms. The van der Waals surface area contributed by atoms with E-state index in [0.717, 1.165) is 37.4 Å². The number of rotatable bonds is 10. The van der Waals surface area contributed by atoms with E-state index in [1.54, 1.807) is 17.0 Å². The summed E-state index contributed by atoms with van der Waals surface area (Å²) in [6.45, 7) is 6.78. The zero-order valence-corrected chi connectivity index (χ0v) is 31.9. The van der Waals surface area contributed by atoms with E-state index in [1.807, 2.05) is 91.9 Å². The summed E-state index contributed by atoms with van der Waals surface area (Å²) in [5.74, 6) is -3.83. The van der Waals surface area contributed by atoms with Crippen molar-refractivity contribution in [1.29, 1.82) is 5.26 Å². The Morgan fingerprint density at radius 2 is 1.59 bits per heavy atom. The first-order chi connectivity index (χ1) is 25.7. The number of aromatic nitrogens is 1. The molecule has 1 fully saturated rings. The molecule has 1 saturated heterocycles. The molecule has 5 aromatic rings. The Labute approximate surface area is 315 Å². The third-order valence-corrected chi connectivity index (χ3v) is 16.2. The molecule has 0 aliphatic carbocycles. The molecule has 2 N–H and O–H groups in total. The number of para-hydroxylation sites is 1. The van der Waals surface area contributed by atoms with Crippen LogP contribution in [-0.2, 0) is 10.8 Å². The molecule has 3 heterocycles. The maximum Gasteiger partial charge on any atom is 0.407 e. The number of hydrogen-bond donors (Lipinski definition) is 2. The van der Waals surface area contributed by atoms with Crippen molar-refractivity contribution < 1.29 is 27.5 Å². The number of H-pyrrole nitrogens is 1. The average Bonchev–Trinajstić information content (AvgIpc) is 3.49. The smallest absolute Gasteiger partial charge is 0.407 e. The van der Waals surface area contributed by atoms with Gasteiger partial charge in [-0.15, -0.1) is 0 Å². The number of aromatic amines is 1. The SMILES string of the molecule is C[C@@H]1Cc2c([nH]c3ccccc23)[C@@H](c2ccc(C(F)C3CN(C(=O)O)C3)cc2C#N)N1CC(F)(F)CO[Si](c1ccccc1)(c1ccccc1)C(C)(C)C. The van der Waals surface area contributed by atoms with Crippen molar-refractivity contribution in [3.63, 3.8) is 0 Å². The Hall–Kier alpha value is -4.89. The third kappa shape index (κ3) is 6.72. The number of likely N-dealkylation sites (tertiary alicyclic amines) is 1. The summed E-state index contributed by atoms with van der Waals surface area (Å²) in [7, 11) is -3.27. The molecular formula is C43H45F3N4O3Si. The molecule has 1 aromatic heterocycles. The second kappa shape index (κ2) is 14.4. The van der Waals surface area contributed by atoms with Gasteiger partial charge in [0.25, 0.3) is 14.2 Å². The van der Waals surface area contributed by atoms with E-state index in [1.165, 1.54) is 6.07 Å². The highest BCUT2D eigenvalue weighted by Gasteiger charge is 2.52. The standard InChI is InChI=1S/C43H45F3N4O3Si/c1-28-21-36-35-17-11-12-18-37(35)48-39(36)40(34-20-19-29(22-30(34)23-47)38(44)31-24-49(25-31)41(51)52)50(28)26-43(45,46)27-53-54(42(2,3)4,32-13-7-5-8-14-32)33-15-9-6-10-16-33/h5-20,22,28,31,38,40,48H,21,24-27H2,1-4H3,(H,51,52)/t28-,38?,40-/m1/s1. The van der Waals surface area contributed by atoms with Gasteiger partial charge in [0.1, 0.15) is 6.17 Å². The largest absolute Gasteiger partial charge is 0.465 e. The minimum absolute atomic E-state index is 0.0670. The van der Waals surface area contributed by atoms with E-state index >= 15 is 13.2 Å². The normalized spacial score (nSPS) is 18.9. The van der Waals surface area contributed by atoms with Crippen LogP contribution in [0.5, 0.6) is 0 Å². The summed E-state index contributed by atoms with van der Waals surface area (Å²) in [5, 5.41) is 22.0. The molecule has 2 aliphatic rings. The molecule has 7 rings (SSSR count). The number of halogens is 3. The van der Waals surface area contributed by atoms with E-state index in [4.69, 9.17) is 4.43 Å². The lowest BCUT2D eigenvalue weighted by molar-refractivity contribution is -0.0821. The topological polar surface area (TPSA) is 92.6 Å². The lowest BCUT2D eigenvalue weighted by Gasteiger charge is -2.45. The zero-order chi connectivity index (χ0) is 38.4. The number of nitrogens with one attached hydrogen (secondary N) is 1. The van der Waals surface area contributed by atoms with Crippen molar-refractivity contribution in [3.05, 3.63) is 131 Å². The molecule has 0 bridgehead atoms. The van der Waals surface area contributed by atoms with Crippen LogP contribution in [0, 0.1) is 17.2 Å². The van der Waals surface area contributed by atoms with Crippen LogP contribution in [0.2, 0.25) is 5.04 Å². The minimum Gasteiger partial charge on any atom is -0.465 e. The summed E-state index contributed by atoms with van der Waals surface area (Å²) < 4.78 is 56.2. The van der Waals surface area contributed by atoms with Crippen molar-refractivity contribution in [2.75, 3.05) is 26.2 Å². The van der Waals surface area contributed by atoms with E-state index in [2.05, 4.69) is 31.8 Å². The van der Waals surface area contributed by atoms with Gasteiger partial charge >= 0.3 is 6.09 Å². The monoisotopic (exact) mass is 750 g/mol. The minimum atomic E-state index is -3.31. The molecule has 0 radical (unpaired) electrons. The number of nitriles is 1. The van der Waals surface area contributed by atoms with Crippen LogP contribution in [0.4, 0.5) is 18.0 Å². The maximum atomic E-state index is 16.9. The Kier molecular flexibility index (Phi) is 9.98. The van der Waals surface area contributed by atoms with Gasteiger partial charge in [-0.1, -0.05) is 112 Å². The second-order valence-corrected chi connectivity index (χ2v) is 20.1. The molecule has 2 aliphatic heterocycles. The fraction of sp³-hybridized carbons (Fsp3) is 0.349. The lowest BCUT2D eigenvalue weighted by atomic mass is 9.84. The second-order valence-electron chi connectivity index (χ2n) is 15.8. The number of carboxylic acid groups (broad SMARTS) is 1. The molecule has 0 saturated carbocycles. The first kappa shape index (κ1) is 37.4. The number of benzene rings is 4. The van der Waals surface area contributed by atoms with Crippen molar-refractivity contribution in [1.82, 2.24) is 14.8 Å². The molecule has 280 valence electrons. The van der Waals surface area contributed by atoms with Gasteiger partial charge < -0.3 is 19.4 Å². The molecule has 3 atom stereocenters. The van der Waals surface area contributed by atoms with Gasteiger partial charge in [0, 0.05) is 41.6 Å². The van der Waals surface area contributed by atoms with Crippen molar-refractivity contribution in [2.24, 2.45) is 5.92 Å². The first-order valence-corrected chi connectivity index (χ1v) is 20.3. The van der Waals surface area contributed by atoms with E-state index < -0.39 is 56.7 Å². The van der Waals surface area contributed by atoms with Crippen LogP contribution in [0.3, 0.4) is 0 Å². The quantitative estimate of drug-likeness (QED) is 0.141. The van der Waals surface area contributed by atoms with Crippen LogP contribution in [0.1, 0.15) is 67.9 Å². The highest BCUT2D eigenvalue weighted by Crippen LogP contribution is 2.45. The van der Waals surface area contributed by atoms with Crippen molar-refractivity contribution in [3.8, 4) is 6.07 Å². The number of nitrogens with zero attached hydrogens (tertiary/aromatic N) is 3. The predicted octanol–water partition coefficient (Wildman–Crippen LogP) is 8.21. The van der Waals surface area contributed by atoms with Crippen LogP contribution in [-0.4, -0.2) is 72.5 Å². The molecule has 1 unspecified atom stereocenters. The van der Waals surface area contributed by atoms with Gasteiger partial charge in [-0.3, -0.25) is 4.90 Å². The molecule has 0 spiro atoms. The Morgan fingerprint density at radius 3 is 2.19 bits per heavy atom. The number of fused-ring (bicyclic) bond motifs is 3. The Balaban J connectivity index is 1.26. The van der Waals surface area contributed by atoms with Crippen LogP contribution in [0.15, 0.2) is 103 Å². The van der Waals surface area contributed by atoms with E-state index in [9.17, 15) is 15.2 Å². The van der Waals surface area contributed by atoms with Gasteiger partial charge in [-0.05, 0) is 57.6 Å². The summed E-state index contributed by atoms with van der Waals surface area (Å²) in [4.78, 5) is 17.7. The van der Waals surface area contributed by atoms with Crippen molar-refractivity contribution >= 4 is 35.7 Å². The average molecular weight is 751 g/mol. The molecule has 7 nitrogen and oxygen atoms in total. The van der Waals surface area contributed by atoms with E-state index in [0.29, 0.717) is 12.0 Å². The summed E-state index contributed by atoms with van der Waals surface area (Å²) in [5.41, 5.74) is 3.56. The molecule has 54 heavy (non-hydrogen) atoms. The summed E-state index contributed by atoms with van der Waals surface area (Å²) in [6.07, 6.45) is -2.06. The van der Waals surface area contributed by atoms with Crippen LogP contribution >= 0.6 is 0 Å². The summed E-state index contributed by atoms with van der Waals surface area (Å²) >= 11 is 0. The van der Waals surface area contributed by atoms with Gasteiger partial charge in [0.05, 0.1) is 30.8 Å². The number of carbonyl (C=O) groups is 1. The molecular weight excluding hydrogens is 706 g/mol. The van der Waals surface area contributed by atoms with Crippen molar-refractivity contribution in [2.45, 2.75) is 63.3 Å². The van der Waals surface area contributed by atoms with Crippen LogP contribution in [0.25, 0.3) is 10.9 Å². The number of hydrogen-bond acceptors (Lipinski definition) is 4. The van der Waals surface area contributed by atoms with Gasteiger partial charge in [0.2, 0.25) is 0 Å². The predicted molar refractivity (Wildman–Crippen MR) is 207 cm³/mol. The third-order valence-electron chi connectivity index (χ3n) is 11.3. The first-order valence-electron chi connectivity index (χ1n) is 18.4. The molecule has 4 aromatic carbocycles. The van der Waals surface area contributed by atoms with Crippen LogP contribution < -0.4 is 10.4 Å². The van der Waals surface area contributed by atoms with Gasteiger partial charge in [-0.25, -0.2) is 18.0 Å². The Morgan fingerprint density at radius 1 is 0.981 bits per heavy atom. The summed E-state index contributed by atoms with van der Waals surface area (Å²) in [6, 6.07) is 33.1. The number of amides is 1. The fourth-order valence-electron chi connectivity index (χ4n) is 8.58. The molecule has 1 amide bonds. The maximum absolute atomic E-state index is 16.9. The van der Waals surface area contributed by atoms with Gasteiger partial charge in [0.15, 0.2) is 0 Å². The van der Waals surface area contributed by atoms with Gasteiger partial charge in [-0.2, -0.15) is 5.26 Å². The van der Waals surface area contributed by atoms with E-state index in [-0.39, 0.29) is 30.3 Å². The highest BCUT2D eigenvalue weighted by atomic mass is 28.4. The Bertz CT molecular complexity index is 2140. The number of alkyl halides is 3. The zero-order valence-electron chi connectivity index (χ0n) is 30.9. The highest BCUT2D eigenvalue weighted by molar-refractivity contribution is 6.99. The lowest BCUT2D eigenvalue weighted by Crippen LogP contribution is -2.67.